The molecule has 7 heteroatoms. The van der Waals surface area contributed by atoms with E-state index < -0.39 is 0 Å². The lowest BCUT2D eigenvalue weighted by Crippen LogP contribution is -2.13. The Morgan fingerprint density at radius 2 is 1.54 bits per heavy atom. The van der Waals surface area contributed by atoms with Gasteiger partial charge in [0.25, 0.3) is 5.91 Å². The molecule has 6 nitrogen and oxygen atoms in total. The van der Waals surface area contributed by atoms with E-state index >= 15 is 0 Å². The molecule has 1 heterocycles. The third kappa shape index (κ3) is 4.10. The van der Waals surface area contributed by atoms with Gasteiger partial charge in [-0.2, -0.15) is 5.10 Å². The molecule has 0 radical (unpaired) electrons. The van der Waals surface area contributed by atoms with Crippen molar-refractivity contribution in [1.82, 2.24) is 9.78 Å². The maximum atomic E-state index is 12.4. The van der Waals surface area contributed by atoms with Gasteiger partial charge in [-0.3, -0.25) is 14.3 Å². The number of hydrogen-bond donors (Lipinski definition) is 2. The molecule has 0 unspecified atom stereocenters. The molecule has 0 saturated carbocycles. The van der Waals surface area contributed by atoms with Crippen LogP contribution in [0.2, 0.25) is 5.02 Å². The largest absolute Gasteiger partial charge is 0.326 e. The standard InChI is InChI=1S/C19H17ClN4O2/c1-12(25)21-15-7-9-16(10-8-15)22-19(26)17-11-18(24(2)23-17)13-3-5-14(20)6-4-13/h3-11H,1-2H3,(H,21,25)(H,22,26). The summed E-state index contributed by atoms with van der Waals surface area (Å²) in [5.41, 5.74) is 3.32. The summed E-state index contributed by atoms with van der Waals surface area (Å²) in [6.45, 7) is 1.44. The van der Waals surface area contributed by atoms with Crippen LogP contribution in [0, 0.1) is 0 Å². The van der Waals surface area contributed by atoms with Crippen molar-refractivity contribution in [3.63, 3.8) is 0 Å². The molecule has 2 N–H and O–H groups in total. The monoisotopic (exact) mass is 368 g/mol. The first-order valence-electron chi connectivity index (χ1n) is 7.91. The minimum Gasteiger partial charge on any atom is -0.326 e. The topological polar surface area (TPSA) is 76.0 Å². The van der Waals surface area contributed by atoms with Gasteiger partial charge in [-0.1, -0.05) is 23.7 Å². The van der Waals surface area contributed by atoms with E-state index in [1.165, 1.54) is 6.92 Å². The van der Waals surface area contributed by atoms with Gasteiger partial charge in [-0.05, 0) is 48.0 Å². The molecular weight excluding hydrogens is 352 g/mol. The quantitative estimate of drug-likeness (QED) is 0.732. The number of anilines is 2. The van der Waals surface area contributed by atoms with Crippen molar-refractivity contribution in [1.29, 1.82) is 0 Å². The van der Waals surface area contributed by atoms with Gasteiger partial charge in [-0.25, -0.2) is 0 Å². The molecule has 0 aliphatic rings. The first-order chi connectivity index (χ1) is 12.4. The third-order valence-electron chi connectivity index (χ3n) is 3.72. The molecule has 0 spiro atoms. The SMILES string of the molecule is CC(=O)Nc1ccc(NC(=O)c2cc(-c3ccc(Cl)cc3)n(C)n2)cc1. The number of nitrogens with zero attached hydrogens (tertiary/aromatic N) is 2. The molecule has 0 saturated heterocycles. The van der Waals surface area contributed by atoms with Crippen LogP contribution >= 0.6 is 11.6 Å². The summed E-state index contributed by atoms with van der Waals surface area (Å²) in [5.74, 6) is -0.460. The molecule has 0 aliphatic heterocycles. The average molecular weight is 369 g/mol. The maximum absolute atomic E-state index is 12.4. The third-order valence-corrected chi connectivity index (χ3v) is 3.97. The Morgan fingerprint density at radius 1 is 0.962 bits per heavy atom. The second kappa shape index (κ2) is 7.41. The summed E-state index contributed by atoms with van der Waals surface area (Å²) in [6.07, 6.45) is 0. The van der Waals surface area contributed by atoms with Crippen molar-refractivity contribution in [2.24, 2.45) is 7.05 Å². The van der Waals surface area contributed by atoms with Crippen LogP contribution in [0.15, 0.2) is 54.6 Å². The number of aryl methyl sites for hydroxylation is 1. The molecule has 1 aromatic heterocycles. The Labute approximate surface area is 155 Å². The van der Waals surface area contributed by atoms with E-state index in [1.807, 2.05) is 12.1 Å². The van der Waals surface area contributed by atoms with E-state index in [-0.39, 0.29) is 11.8 Å². The molecule has 132 valence electrons. The van der Waals surface area contributed by atoms with Gasteiger partial charge < -0.3 is 10.6 Å². The van der Waals surface area contributed by atoms with Gasteiger partial charge >= 0.3 is 0 Å². The van der Waals surface area contributed by atoms with E-state index in [9.17, 15) is 9.59 Å². The van der Waals surface area contributed by atoms with Crippen molar-refractivity contribution in [3.05, 3.63) is 65.3 Å². The maximum Gasteiger partial charge on any atom is 0.276 e. The van der Waals surface area contributed by atoms with E-state index in [1.54, 1.807) is 54.2 Å². The van der Waals surface area contributed by atoms with Crippen molar-refractivity contribution >= 4 is 34.8 Å². The van der Waals surface area contributed by atoms with Gasteiger partial charge in [-0.15, -0.1) is 0 Å². The number of hydrogen-bond acceptors (Lipinski definition) is 3. The van der Waals surface area contributed by atoms with Crippen LogP contribution < -0.4 is 10.6 Å². The normalized spacial score (nSPS) is 10.4. The van der Waals surface area contributed by atoms with Crippen molar-refractivity contribution < 1.29 is 9.59 Å². The van der Waals surface area contributed by atoms with Gasteiger partial charge in [0, 0.05) is 30.4 Å². The van der Waals surface area contributed by atoms with Crippen molar-refractivity contribution in [2.45, 2.75) is 6.92 Å². The first kappa shape index (κ1) is 17.7. The van der Waals surface area contributed by atoms with Crippen LogP contribution in [0.3, 0.4) is 0 Å². The van der Waals surface area contributed by atoms with Crippen LogP contribution in [0.25, 0.3) is 11.3 Å². The van der Waals surface area contributed by atoms with Crippen LogP contribution in [-0.4, -0.2) is 21.6 Å². The van der Waals surface area contributed by atoms with Crippen molar-refractivity contribution in [3.8, 4) is 11.3 Å². The van der Waals surface area contributed by atoms with Gasteiger partial charge in [0.1, 0.15) is 0 Å². The molecule has 3 rings (SSSR count). The zero-order valence-electron chi connectivity index (χ0n) is 14.3. The number of rotatable bonds is 4. The average Bonchev–Trinajstić information content (AvgIpc) is 2.99. The summed E-state index contributed by atoms with van der Waals surface area (Å²) in [4.78, 5) is 23.5. The molecule has 0 atom stereocenters. The van der Waals surface area contributed by atoms with Gasteiger partial charge in [0.15, 0.2) is 5.69 Å². The highest BCUT2D eigenvalue weighted by Crippen LogP contribution is 2.22. The lowest BCUT2D eigenvalue weighted by Gasteiger charge is -2.05. The van der Waals surface area contributed by atoms with Crippen LogP contribution in [0.4, 0.5) is 11.4 Å². The molecule has 3 aromatic rings. The molecular formula is C19H17ClN4O2. The highest BCUT2D eigenvalue weighted by atomic mass is 35.5. The number of carbonyl (C=O) groups excluding carboxylic acids is 2. The summed E-state index contributed by atoms with van der Waals surface area (Å²) < 4.78 is 1.65. The highest BCUT2D eigenvalue weighted by molar-refractivity contribution is 6.30. The lowest BCUT2D eigenvalue weighted by atomic mass is 10.1. The molecule has 0 bridgehead atoms. The van der Waals surface area contributed by atoms with E-state index in [0.717, 1.165) is 11.3 Å². The minimum absolute atomic E-state index is 0.148. The summed E-state index contributed by atoms with van der Waals surface area (Å²) >= 11 is 5.91. The molecule has 26 heavy (non-hydrogen) atoms. The van der Waals surface area contributed by atoms with Gasteiger partial charge in [0.05, 0.1) is 5.69 Å². The fourth-order valence-electron chi connectivity index (χ4n) is 2.50. The van der Waals surface area contributed by atoms with Crippen molar-refractivity contribution in [2.75, 3.05) is 10.6 Å². The molecule has 2 aromatic carbocycles. The second-order valence-electron chi connectivity index (χ2n) is 5.76. The van der Waals surface area contributed by atoms with Crippen LogP contribution in [0.5, 0.6) is 0 Å². The Bertz CT molecular complexity index is 947. The molecule has 0 aliphatic carbocycles. The Kier molecular flexibility index (Phi) is 5.04. The number of aromatic nitrogens is 2. The fourth-order valence-corrected chi connectivity index (χ4v) is 2.63. The van der Waals surface area contributed by atoms with E-state index in [4.69, 9.17) is 11.6 Å². The zero-order chi connectivity index (χ0) is 18.7. The zero-order valence-corrected chi connectivity index (χ0v) is 15.0. The summed E-state index contributed by atoms with van der Waals surface area (Å²) in [6, 6.07) is 15.9. The Morgan fingerprint density at radius 3 is 2.12 bits per heavy atom. The summed E-state index contributed by atoms with van der Waals surface area (Å²) in [7, 11) is 1.78. The van der Waals surface area contributed by atoms with Crippen LogP contribution in [0.1, 0.15) is 17.4 Å². The van der Waals surface area contributed by atoms with Gasteiger partial charge in [0.2, 0.25) is 5.91 Å². The molecule has 2 amide bonds. The molecule has 0 fully saturated rings. The number of halogens is 1. The Hall–Kier alpha value is -3.12. The Balaban J connectivity index is 1.75. The number of benzene rings is 2. The second-order valence-corrected chi connectivity index (χ2v) is 6.19. The van der Waals surface area contributed by atoms with E-state index in [0.29, 0.717) is 22.1 Å². The lowest BCUT2D eigenvalue weighted by molar-refractivity contribution is -0.114. The predicted molar refractivity (Wildman–Crippen MR) is 102 cm³/mol. The number of nitrogens with one attached hydrogen (secondary N) is 2. The van der Waals surface area contributed by atoms with Crippen LogP contribution in [-0.2, 0) is 11.8 Å². The fraction of sp³-hybridized carbons (Fsp3) is 0.105. The number of amides is 2. The smallest absolute Gasteiger partial charge is 0.276 e. The predicted octanol–water partition coefficient (Wildman–Crippen LogP) is 3.95. The van der Waals surface area contributed by atoms with E-state index in [2.05, 4.69) is 15.7 Å². The minimum atomic E-state index is -0.312. The summed E-state index contributed by atoms with van der Waals surface area (Å²) in [5, 5.41) is 10.4. The highest BCUT2D eigenvalue weighted by Gasteiger charge is 2.14. The number of carbonyl (C=O) groups is 2. The first-order valence-corrected chi connectivity index (χ1v) is 8.29.